The fourth-order valence-electron chi connectivity index (χ4n) is 1.50. The Bertz CT molecular complexity index is 380. The lowest BCUT2D eigenvalue weighted by Crippen LogP contribution is -2.47. The van der Waals surface area contributed by atoms with Crippen LogP contribution in [0, 0.1) is 0 Å². The van der Waals surface area contributed by atoms with Crippen molar-refractivity contribution in [1.82, 2.24) is 5.32 Å². The van der Waals surface area contributed by atoms with Gasteiger partial charge < -0.3 is 5.11 Å². The number of benzene rings is 1. The minimum atomic E-state index is -4.30. The van der Waals surface area contributed by atoms with Crippen molar-refractivity contribution < 1.29 is 18.3 Å². The van der Waals surface area contributed by atoms with E-state index < -0.39 is 24.9 Å². The zero-order valence-corrected chi connectivity index (χ0v) is 11.0. The van der Waals surface area contributed by atoms with E-state index >= 15 is 0 Å². The number of hydrogen-bond donors (Lipinski definition) is 2. The third kappa shape index (κ3) is 4.19. The second kappa shape index (κ2) is 5.95. The van der Waals surface area contributed by atoms with Gasteiger partial charge in [0.15, 0.2) is 0 Å². The first-order valence-electron chi connectivity index (χ1n) is 5.38. The predicted octanol–water partition coefficient (Wildman–Crippen LogP) is 2.77. The van der Waals surface area contributed by atoms with Gasteiger partial charge in [-0.2, -0.15) is 13.2 Å². The van der Waals surface area contributed by atoms with Crippen molar-refractivity contribution in [2.45, 2.75) is 23.5 Å². The number of thioether (sulfide) groups is 1. The van der Waals surface area contributed by atoms with Crippen LogP contribution >= 0.6 is 11.8 Å². The maximum atomic E-state index is 12.2. The molecule has 0 radical (unpaired) electrons. The summed E-state index contributed by atoms with van der Waals surface area (Å²) >= 11 is 1.55. The van der Waals surface area contributed by atoms with Crippen molar-refractivity contribution in [2.24, 2.45) is 0 Å². The topological polar surface area (TPSA) is 32.3 Å². The highest BCUT2D eigenvalue weighted by molar-refractivity contribution is 7.98. The van der Waals surface area contributed by atoms with Crippen LogP contribution in [0.1, 0.15) is 12.5 Å². The average Bonchev–Trinajstić information content (AvgIpc) is 2.35. The Kier molecular flexibility index (Phi) is 5.07. The Labute approximate surface area is 109 Å². The molecule has 0 aliphatic rings. The van der Waals surface area contributed by atoms with Gasteiger partial charge in [0, 0.05) is 4.90 Å². The molecule has 0 heterocycles. The molecule has 0 fully saturated rings. The monoisotopic (exact) mass is 279 g/mol. The second-order valence-corrected chi connectivity index (χ2v) is 5.07. The Morgan fingerprint density at radius 2 is 1.78 bits per heavy atom. The maximum Gasteiger partial charge on any atom is 0.401 e. The summed E-state index contributed by atoms with van der Waals surface area (Å²) in [5.41, 5.74) is -0.459. The fraction of sp³-hybridized carbons (Fsp3) is 0.500. The van der Waals surface area contributed by atoms with Crippen LogP contribution < -0.4 is 5.32 Å². The minimum absolute atomic E-state index is 0.401. The summed E-state index contributed by atoms with van der Waals surface area (Å²) in [6, 6.07) is 7.10. The molecule has 0 aliphatic heterocycles. The number of aliphatic hydroxyl groups is 1. The number of hydrogen-bond acceptors (Lipinski definition) is 3. The molecule has 0 bridgehead atoms. The molecule has 1 unspecified atom stereocenters. The molecular weight excluding hydrogens is 263 g/mol. The Hall–Kier alpha value is -0.720. The van der Waals surface area contributed by atoms with Crippen LogP contribution in [0.2, 0.25) is 0 Å². The molecular formula is C12H16F3NOS. The molecule has 0 aliphatic carbocycles. The first-order valence-corrected chi connectivity index (χ1v) is 6.60. The highest BCUT2D eigenvalue weighted by atomic mass is 32.2. The third-order valence-corrected chi connectivity index (χ3v) is 3.47. The van der Waals surface area contributed by atoms with Gasteiger partial charge in [-0.25, -0.2) is 0 Å². The lowest BCUT2D eigenvalue weighted by atomic mass is 9.93. The van der Waals surface area contributed by atoms with Crippen LogP contribution in [0.5, 0.6) is 0 Å². The van der Waals surface area contributed by atoms with Gasteiger partial charge in [-0.15, -0.1) is 11.8 Å². The standard InChI is InChI=1S/C12H16F3NOS/c1-11(8-17,16-7-12(13,14)15)9-3-5-10(18-2)6-4-9/h3-6,16-17H,7-8H2,1-2H3. The first kappa shape index (κ1) is 15.3. The summed E-state index contributed by atoms with van der Waals surface area (Å²) < 4.78 is 36.6. The van der Waals surface area contributed by atoms with E-state index in [1.807, 2.05) is 18.4 Å². The molecule has 0 spiro atoms. The van der Waals surface area contributed by atoms with E-state index in [2.05, 4.69) is 5.32 Å². The molecule has 1 rings (SSSR count). The lowest BCUT2D eigenvalue weighted by molar-refractivity contribution is -0.129. The third-order valence-electron chi connectivity index (χ3n) is 2.72. The average molecular weight is 279 g/mol. The minimum Gasteiger partial charge on any atom is -0.394 e. The molecule has 18 heavy (non-hydrogen) atoms. The number of rotatable bonds is 5. The quantitative estimate of drug-likeness (QED) is 0.813. The molecule has 0 aromatic heterocycles. The van der Waals surface area contributed by atoms with Crippen molar-refractivity contribution in [2.75, 3.05) is 19.4 Å². The summed E-state index contributed by atoms with van der Waals surface area (Å²) in [5.74, 6) is 0. The molecule has 2 nitrogen and oxygen atoms in total. The zero-order valence-electron chi connectivity index (χ0n) is 10.2. The molecule has 0 saturated carbocycles. The van der Waals surface area contributed by atoms with Crippen LogP contribution in [0.15, 0.2) is 29.2 Å². The van der Waals surface area contributed by atoms with E-state index in [9.17, 15) is 18.3 Å². The van der Waals surface area contributed by atoms with Crippen molar-refractivity contribution in [3.05, 3.63) is 29.8 Å². The first-order chi connectivity index (χ1) is 8.30. The van der Waals surface area contributed by atoms with Gasteiger partial charge in [0.05, 0.1) is 18.7 Å². The molecule has 1 aromatic rings. The molecule has 1 atom stereocenters. The number of nitrogens with one attached hydrogen (secondary N) is 1. The predicted molar refractivity (Wildman–Crippen MR) is 66.7 cm³/mol. The second-order valence-electron chi connectivity index (χ2n) is 4.19. The van der Waals surface area contributed by atoms with Crippen molar-refractivity contribution in [3.63, 3.8) is 0 Å². The molecule has 1 aromatic carbocycles. The summed E-state index contributed by atoms with van der Waals surface area (Å²) in [7, 11) is 0. The van der Waals surface area contributed by atoms with Crippen molar-refractivity contribution >= 4 is 11.8 Å². The molecule has 0 amide bonds. The maximum absolute atomic E-state index is 12.2. The Morgan fingerprint density at radius 1 is 1.22 bits per heavy atom. The van der Waals surface area contributed by atoms with Crippen LogP contribution in [0.25, 0.3) is 0 Å². The summed E-state index contributed by atoms with van der Waals surface area (Å²) in [4.78, 5) is 1.02. The molecule has 0 saturated heterocycles. The lowest BCUT2D eigenvalue weighted by Gasteiger charge is -2.30. The highest BCUT2D eigenvalue weighted by Crippen LogP contribution is 2.25. The van der Waals surface area contributed by atoms with E-state index in [4.69, 9.17) is 0 Å². The summed E-state index contributed by atoms with van der Waals surface area (Å²) in [6.45, 7) is 0.0167. The Morgan fingerprint density at radius 3 is 2.17 bits per heavy atom. The van der Waals surface area contributed by atoms with Gasteiger partial charge in [-0.05, 0) is 30.9 Å². The number of aliphatic hydroxyl groups excluding tert-OH is 1. The normalized spacial score (nSPS) is 15.4. The Balaban J connectivity index is 2.85. The van der Waals surface area contributed by atoms with Crippen LogP contribution in [-0.4, -0.2) is 30.7 Å². The van der Waals surface area contributed by atoms with Gasteiger partial charge in [-0.3, -0.25) is 5.32 Å². The van der Waals surface area contributed by atoms with Crippen LogP contribution in [0.4, 0.5) is 13.2 Å². The fourth-order valence-corrected chi connectivity index (χ4v) is 1.91. The molecule has 6 heteroatoms. The largest absolute Gasteiger partial charge is 0.401 e. The summed E-state index contributed by atoms with van der Waals surface area (Å²) in [6.07, 6.45) is -2.38. The van der Waals surface area contributed by atoms with Gasteiger partial charge in [0.25, 0.3) is 0 Å². The van der Waals surface area contributed by atoms with Crippen LogP contribution in [-0.2, 0) is 5.54 Å². The van der Waals surface area contributed by atoms with Gasteiger partial charge >= 0.3 is 6.18 Å². The number of halogens is 3. The smallest absolute Gasteiger partial charge is 0.394 e. The van der Waals surface area contributed by atoms with E-state index in [0.29, 0.717) is 5.56 Å². The van der Waals surface area contributed by atoms with Gasteiger partial charge in [0.1, 0.15) is 0 Å². The SMILES string of the molecule is CSc1ccc(C(C)(CO)NCC(F)(F)F)cc1. The van der Waals surface area contributed by atoms with Gasteiger partial charge in [0.2, 0.25) is 0 Å². The zero-order chi connectivity index (χ0) is 13.8. The van der Waals surface area contributed by atoms with Crippen LogP contribution in [0.3, 0.4) is 0 Å². The summed E-state index contributed by atoms with van der Waals surface area (Å²) in [5, 5.41) is 11.7. The molecule has 2 N–H and O–H groups in total. The van der Waals surface area contributed by atoms with Gasteiger partial charge in [-0.1, -0.05) is 12.1 Å². The van der Waals surface area contributed by atoms with Crippen molar-refractivity contribution in [3.8, 4) is 0 Å². The number of alkyl halides is 3. The molecule has 102 valence electrons. The van der Waals surface area contributed by atoms with E-state index in [1.54, 1.807) is 30.8 Å². The van der Waals surface area contributed by atoms with E-state index in [1.165, 1.54) is 0 Å². The highest BCUT2D eigenvalue weighted by Gasteiger charge is 2.33. The van der Waals surface area contributed by atoms with E-state index in [0.717, 1.165) is 4.90 Å². The van der Waals surface area contributed by atoms with E-state index in [-0.39, 0.29) is 0 Å². The van der Waals surface area contributed by atoms with Crippen molar-refractivity contribution in [1.29, 1.82) is 0 Å².